The molecule has 12 nitrogen and oxygen atoms in total. The lowest BCUT2D eigenvalue weighted by atomic mass is 10.0. The van der Waals surface area contributed by atoms with Crippen molar-refractivity contribution in [2.75, 3.05) is 47.6 Å². The molecule has 12 heteroatoms. The van der Waals surface area contributed by atoms with Crippen LogP contribution in [0.4, 0.5) is 0 Å². The molecule has 0 spiro atoms. The van der Waals surface area contributed by atoms with Crippen LogP contribution in [-0.4, -0.2) is 82.5 Å². The van der Waals surface area contributed by atoms with Crippen LogP contribution < -0.4 is 34.3 Å². The van der Waals surface area contributed by atoms with Crippen molar-refractivity contribution < 1.29 is 42.8 Å². The van der Waals surface area contributed by atoms with E-state index in [0.717, 1.165) is 16.7 Å². The van der Waals surface area contributed by atoms with E-state index in [1.165, 1.54) is 14.2 Å². The number of para-hydroxylation sites is 1. The third-order valence-electron chi connectivity index (χ3n) is 8.17. The lowest BCUT2D eigenvalue weighted by Crippen LogP contribution is -2.57. The van der Waals surface area contributed by atoms with Crippen LogP contribution in [0.1, 0.15) is 29.5 Å². The molecular weight excluding hydrogens is 606 g/mol. The number of nitrogens with zero attached hydrogens (tertiary/aromatic N) is 1. The summed E-state index contributed by atoms with van der Waals surface area (Å²) < 4.78 is 33.9. The van der Waals surface area contributed by atoms with E-state index in [4.69, 9.17) is 28.4 Å². The average molecular weight is 648 g/mol. The maximum absolute atomic E-state index is 13.3. The number of hydrogen-bond donors (Lipinski definition) is 2. The normalized spacial score (nSPS) is 18.9. The molecule has 0 radical (unpaired) electrons. The quantitative estimate of drug-likeness (QED) is 0.369. The molecule has 2 atom stereocenters. The summed E-state index contributed by atoms with van der Waals surface area (Å²) in [6, 6.07) is 18.1. The van der Waals surface area contributed by atoms with Gasteiger partial charge in [0.1, 0.15) is 23.4 Å². The van der Waals surface area contributed by atoms with Crippen LogP contribution in [0.5, 0.6) is 28.7 Å². The smallest absolute Gasteiger partial charge is 0.343 e. The maximum atomic E-state index is 13.3. The molecular formula is C35H41N3O9. The van der Waals surface area contributed by atoms with Crippen molar-refractivity contribution in [3.05, 3.63) is 77.4 Å². The van der Waals surface area contributed by atoms with Gasteiger partial charge in [-0.15, -0.1) is 0 Å². The number of carbonyl (C=O) groups is 3. The summed E-state index contributed by atoms with van der Waals surface area (Å²) in [5.74, 6) is 1.80. The van der Waals surface area contributed by atoms with Crippen molar-refractivity contribution in [3.8, 4) is 28.7 Å². The summed E-state index contributed by atoms with van der Waals surface area (Å²) in [5.41, 5.74) is 2.60. The predicted octanol–water partition coefficient (Wildman–Crippen LogP) is 3.04. The third-order valence-corrected chi connectivity index (χ3v) is 8.17. The Hall–Kier alpha value is -4.97. The highest BCUT2D eigenvalue weighted by molar-refractivity contribution is 5.78. The van der Waals surface area contributed by atoms with Gasteiger partial charge in [0.25, 0.3) is 5.91 Å². The van der Waals surface area contributed by atoms with Crippen LogP contribution >= 0.6 is 0 Å². The van der Waals surface area contributed by atoms with Gasteiger partial charge in [-0.05, 0) is 48.7 Å². The van der Waals surface area contributed by atoms with Crippen molar-refractivity contribution in [1.82, 2.24) is 15.5 Å². The Bertz CT molecular complexity index is 1560. The molecule has 0 unspecified atom stereocenters. The fraction of sp³-hybridized carbons (Fsp3) is 0.400. The molecule has 47 heavy (non-hydrogen) atoms. The number of piperidine rings is 1. The molecule has 0 aliphatic carbocycles. The molecule has 0 aromatic heterocycles. The minimum Gasteiger partial charge on any atom is -0.496 e. The van der Waals surface area contributed by atoms with Gasteiger partial charge >= 0.3 is 5.97 Å². The number of ether oxygens (including phenoxy) is 6. The van der Waals surface area contributed by atoms with Gasteiger partial charge in [-0.1, -0.05) is 24.3 Å². The topological polar surface area (TPSA) is 134 Å². The Labute approximate surface area is 274 Å². The zero-order chi connectivity index (χ0) is 33.2. The number of likely N-dealkylation sites (tertiary alicyclic amines) is 1. The monoisotopic (exact) mass is 647 g/mol. The third kappa shape index (κ3) is 9.07. The minimum absolute atomic E-state index is 0.102. The summed E-state index contributed by atoms with van der Waals surface area (Å²) in [6.07, 6.45) is 1.03. The van der Waals surface area contributed by atoms with Crippen LogP contribution in [0.25, 0.3) is 0 Å². The van der Waals surface area contributed by atoms with Crippen LogP contribution in [0.15, 0.2) is 60.7 Å². The van der Waals surface area contributed by atoms with Crippen molar-refractivity contribution in [3.63, 3.8) is 0 Å². The van der Waals surface area contributed by atoms with Gasteiger partial charge in [-0.25, -0.2) is 4.79 Å². The molecule has 250 valence electrons. The van der Waals surface area contributed by atoms with Gasteiger partial charge < -0.3 is 39.1 Å². The molecule has 6 rings (SSSR count). The Morgan fingerprint density at radius 1 is 0.936 bits per heavy atom. The second-order valence-corrected chi connectivity index (χ2v) is 11.4. The number of carbonyl (C=O) groups excluding carboxylic acids is 3. The molecule has 3 heterocycles. The second kappa shape index (κ2) is 16.0. The van der Waals surface area contributed by atoms with Crippen LogP contribution in [0, 0.1) is 0 Å². The summed E-state index contributed by atoms with van der Waals surface area (Å²) >= 11 is 0. The van der Waals surface area contributed by atoms with Crippen molar-refractivity contribution in [1.29, 1.82) is 0 Å². The zero-order valence-corrected chi connectivity index (χ0v) is 26.9. The maximum Gasteiger partial charge on any atom is 0.343 e. The molecule has 3 aromatic rings. The van der Waals surface area contributed by atoms with Crippen molar-refractivity contribution in [2.24, 2.45) is 0 Å². The molecule has 2 N–H and O–H groups in total. The first-order valence-electron chi connectivity index (χ1n) is 15.5. The van der Waals surface area contributed by atoms with Gasteiger partial charge in [0, 0.05) is 49.8 Å². The van der Waals surface area contributed by atoms with E-state index in [9.17, 15) is 14.4 Å². The standard InChI is InChI=1S/C35H41N3O9/c1-42-30-12-8-23-9-13-33(39)36-18-24-10-11-26(17-31(24)43-2)47-29-14-15-38(20-27(29)37-34(40)21-45-32(30)16-23)19-25-6-4-5-7-28(25)46-22-35(41)44-3/h4-8,10-12,16-17,27,29H,9,13-15,18-22H2,1-3H3,(H,36,39)(H,37,40)/t27-,29+/m1/s1. The summed E-state index contributed by atoms with van der Waals surface area (Å²) in [5, 5.41) is 6.10. The lowest BCUT2D eigenvalue weighted by Gasteiger charge is -2.39. The van der Waals surface area contributed by atoms with Gasteiger partial charge in [-0.2, -0.15) is 0 Å². The Kier molecular flexibility index (Phi) is 11.4. The van der Waals surface area contributed by atoms with Crippen LogP contribution in [0.2, 0.25) is 0 Å². The van der Waals surface area contributed by atoms with Crippen molar-refractivity contribution in [2.45, 2.75) is 44.5 Å². The first-order chi connectivity index (χ1) is 22.8. The molecule has 1 saturated heterocycles. The van der Waals surface area contributed by atoms with Gasteiger partial charge in [0.05, 0.1) is 27.4 Å². The van der Waals surface area contributed by atoms with Crippen LogP contribution in [0.3, 0.4) is 0 Å². The molecule has 2 amide bonds. The molecule has 4 bridgehead atoms. The van der Waals surface area contributed by atoms with E-state index in [1.807, 2.05) is 42.5 Å². The summed E-state index contributed by atoms with van der Waals surface area (Å²) in [7, 11) is 4.43. The highest BCUT2D eigenvalue weighted by Gasteiger charge is 2.33. The first-order valence-corrected chi connectivity index (χ1v) is 15.5. The fourth-order valence-electron chi connectivity index (χ4n) is 5.67. The summed E-state index contributed by atoms with van der Waals surface area (Å²) in [6.45, 7) is 1.58. The largest absolute Gasteiger partial charge is 0.496 e. The van der Waals surface area contributed by atoms with Crippen LogP contribution in [-0.2, 0) is 38.6 Å². The zero-order valence-electron chi connectivity index (χ0n) is 26.9. The van der Waals surface area contributed by atoms with E-state index < -0.39 is 5.97 Å². The Morgan fingerprint density at radius 2 is 1.77 bits per heavy atom. The molecule has 3 aliphatic rings. The highest BCUT2D eigenvalue weighted by Crippen LogP contribution is 2.30. The fourth-order valence-corrected chi connectivity index (χ4v) is 5.67. The Balaban J connectivity index is 1.38. The van der Waals surface area contributed by atoms with Gasteiger partial charge in [0.2, 0.25) is 5.91 Å². The molecule has 1 fully saturated rings. The van der Waals surface area contributed by atoms with E-state index in [-0.39, 0.29) is 43.6 Å². The number of nitrogens with one attached hydrogen (secondary N) is 2. The van der Waals surface area contributed by atoms with Gasteiger partial charge in [0.15, 0.2) is 24.7 Å². The van der Waals surface area contributed by atoms with E-state index >= 15 is 0 Å². The predicted molar refractivity (Wildman–Crippen MR) is 172 cm³/mol. The SMILES string of the molecule is COC(=O)COc1ccccc1CN1CC[C@@H]2Oc3ccc(c(OC)c3)CNC(=O)CCc3ccc(OC)c(c3)OCC(=O)N[C@@H]2C1. The number of rotatable bonds is 7. The van der Waals surface area contributed by atoms with E-state index in [2.05, 4.69) is 15.5 Å². The average Bonchev–Trinajstić information content (AvgIpc) is 3.09. The Morgan fingerprint density at radius 3 is 2.57 bits per heavy atom. The first kappa shape index (κ1) is 33.4. The molecule has 3 aliphatic heterocycles. The lowest BCUT2D eigenvalue weighted by molar-refractivity contribution is -0.143. The van der Waals surface area contributed by atoms with Crippen molar-refractivity contribution >= 4 is 17.8 Å². The van der Waals surface area contributed by atoms with Gasteiger partial charge in [-0.3, -0.25) is 14.5 Å². The summed E-state index contributed by atoms with van der Waals surface area (Å²) in [4.78, 5) is 39.9. The number of amides is 2. The number of esters is 1. The number of fused-ring (bicyclic) bond motifs is 9. The second-order valence-electron chi connectivity index (χ2n) is 11.4. The number of aryl methyl sites for hydroxylation is 1. The number of benzene rings is 3. The molecule has 3 aromatic carbocycles. The number of hydrogen-bond acceptors (Lipinski definition) is 10. The van der Waals surface area contributed by atoms with E-state index in [0.29, 0.717) is 67.8 Å². The number of methoxy groups -OCH3 is 3. The van der Waals surface area contributed by atoms with E-state index in [1.54, 1.807) is 25.3 Å². The highest BCUT2D eigenvalue weighted by atomic mass is 16.6. The molecule has 0 saturated carbocycles. The minimum atomic E-state index is -0.464.